The van der Waals surface area contributed by atoms with Crippen LogP contribution in [0.15, 0.2) is 30.3 Å². The van der Waals surface area contributed by atoms with E-state index in [2.05, 4.69) is 42.9 Å². The molecule has 0 bridgehead atoms. The second kappa shape index (κ2) is 5.49. The third-order valence-corrected chi connectivity index (χ3v) is 3.14. The van der Waals surface area contributed by atoms with Crippen LogP contribution in [0.1, 0.15) is 37.9 Å². The van der Waals surface area contributed by atoms with Gasteiger partial charge in [-0.05, 0) is 24.0 Å². The maximum absolute atomic E-state index is 6.09. The van der Waals surface area contributed by atoms with Gasteiger partial charge in [-0.1, -0.05) is 56.6 Å². The Morgan fingerprint density at radius 3 is 2.56 bits per heavy atom. The Bertz CT molecular complexity index is 550. The predicted octanol–water partition coefficient (Wildman–Crippen LogP) is 4.48. The Labute approximate surface area is 113 Å². The highest BCUT2D eigenvalue weighted by atomic mass is 35.5. The van der Waals surface area contributed by atoms with Gasteiger partial charge in [-0.15, -0.1) is 0 Å². The first-order valence-corrected chi connectivity index (χ1v) is 6.62. The van der Waals surface area contributed by atoms with E-state index < -0.39 is 0 Å². The van der Waals surface area contributed by atoms with Crippen LogP contribution >= 0.6 is 11.6 Å². The van der Waals surface area contributed by atoms with Crippen molar-refractivity contribution >= 4 is 11.6 Å². The van der Waals surface area contributed by atoms with Crippen molar-refractivity contribution in [3.8, 4) is 11.4 Å². The summed E-state index contributed by atoms with van der Waals surface area (Å²) in [6.07, 6.45) is 0.961. The molecule has 1 heterocycles. The Balaban J connectivity index is 2.56. The summed E-state index contributed by atoms with van der Waals surface area (Å²) in [6, 6.07) is 10.0. The lowest BCUT2D eigenvalue weighted by Crippen LogP contribution is -1.99. The number of aromatic nitrogens is 2. The summed E-state index contributed by atoms with van der Waals surface area (Å²) in [5, 5.41) is 0.509. The largest absolute Gasteiger partial charge is 0.233 e. The average molecular weight is 261 g/mol. The highest BCUT2D eigenvalue weighted by Gasteiger charge is 2.10. The van der Waals surface area contributed by atoms with Crippen molar-refractivity contribution in [1.82, 2.24) is 9.97 Å². The summed E-state index contributed by atoms with van der Waals surface area (Å²) < 4.78 is 0. The van der Waals surface area contributed by atoms with Crippen molar-refractivity contribution in [3.63, 3.8) is 0 Å². The normalized spacial score (nSPS) is 10.9. The molecule has 1 aromatic heterocycles. The summed E-state index contributed by atoms with van der Waals surface area (Å²) in [5.74, 6) is 1.07. The fourth-order valence-electron chi connectivity index (χ4n) is 1.90. The van der Waals surface area contributed by atoms with Crippen LogP contribution in [0, 0.1) is 0 Å². The zero-order valence-electron chi connectivity index (χ0n) is 10.9. The second-order valence-electron chi connectivity index (χ2n) is 4.60. The number of hydrogen-bond donors (Lipinski definition) is 0. The molecule has 0 atom stereocenters. The third kappa shape index (κ3) is 2.70. The molecule has 0 unspecified atom stereocenters. The van der Waals surface area contributed by atoms with Gasteiger partial charge in [-0.25, -0.2) is 9.97 Å². The van der Waals surface area contributed by atoms with E-state index in [1.54, 1.807) is 0 Å². The molecule has 0 aliphatic rings. The smallest absolute Gasteiger partial charge is 0.161 e. The number of rotatable bonds is 3. The lowest BCUT2D eigenvalue weighted by Gasteiger charge is -2.10. The molecule has 0 spiro atoms. The highest BCUT2D eigenvalue weighted by molar-refractivity contribution is 6.29. The van der Waals surface area contributed by atoms with Gasteiger partial charge in [0.1, 0.15) is 5.15 Å². The van der Waals surface area contributed by atoms with Crippen LogP contribution in [-0.4, -0.2) is 9.97 Å². The zero-order valence-corrected chi connectivity index (χ0v) is 11.7. The zero-order chi connectivity index (χ0) is 13.1. The van der Waals surface area contributed by atoms with Crippen LogP contribution < -0.4 is 0 Å². The van der Waals surface area contributed by atoms with Gasteiger partial charge >= 0.3 is 0 Å². The van der Waals surface area contributed by atoms with Crippen LogP contribution in [0.5, 0.6) is 0 Å². The summed E-state index contributed by atoms with van der Waals surface area (Å²) in [6.45, 7) is 6.34. The quantitative estimate of drug-likeness (QED) is 0.761. The van der Waals surface area contributed by atoms with Crippen LogP contribution in [0.25, 0.3) is 11.4 Å². The van der Waals surface area contributed by atoms with Gasteiger partial charge in [-0.2, -0.15) is 0 Å². The summed E-state index contributed by atoms with van der Waals surface area (Å²) in [4.78, 5) is 8.97. The van der Waals surface area contributed by atoms with Gasteiger partial charge in [-0.3, -0.25) is 0 Å². The van der Waals surface area contributed by atoms with Gasteiger partial charge in [0.25, 0.3) is 0 Å². The molecule has 0 saturated carbocycles. The highest BCUT2D eigenvalue weighted by Crippen LogP contribution is 2.24. The molecule has 0 amide bonds. The fourth-order valence-corrected chi connectivity index (χ4v) is 2.09. The topological polar surface area (TPSA) is 25.8 Å². The van der Waals surface area contributed by atoms with E-state index in [0.717, 1.165) is 23.5 Å². The molecule has 2 aromatic rings. The predicted molar refractivity (Wildman–Crippen MR) is 75.9 cm³/mol. The monoisotopic (exact) mass is 260 g/mol. The minimum atomic E-state index is 0.345. The lowest BCUT2D eigenvalue weighted by molar-refractivity contribution is 0.816. The van der Waals surface area contributed by atoms with Crippen LogP contribution in [0.2, 0.25) is 5.15 Å². The summed E-state index contributed by atoms with van der Waals surface area (Å²) in [5.41, 5.74) is 3.30. The molecule has 0 fully saturated rings. The first-order valence-electron chi connectivity index (χ1n) is 6.24. The molecule has 3 heteroatoms. The van der Waals surface area contributed by atoms with Crippen molar-refractivity contribution in [1.29, 1.82) is 0 Å². The Morgan fingerprint density at radius 1 is 1.17 bits per heavy atom. The van der Waals surface area contributed by atoms with E-state index in [9.17, 15) is 0 Å². The number of nitrogens with zero attached hydrogens (tertiary/aromatic N) is 2. The SMILES string of the molecule is CCc1ccccc1-c1nc(Cl)cc(C(C)C)n1. The molecule has 2 nitrogen and oxygen atoms in total. The standard InChI is InChI=1S/C15H17ClN2/c1-4-11-7-5-6-8-12(11)15-17-13(10(2)3)9-14(16)18-15/h5-10H,4H2,1-3H3. The van der Waals surface area contributed by atoms with Gasteiger partial charge in [0.05, 0.1) is 0 Å². The Kier molecular flexibility index (Phi) is 3.97. The summed E-state index contributed by atoms with van der Waals surface area (Å²) in [7, 11) is 0. The van der Waals surface area contributed by atoms with Gasteiger partial charge in [0, 0.05) is 11.3 Å². The van der Waals surface area contributed by atoms with E-state index in [4.69, 9.17) is 11.6 Å². The van der Waals surface area contributed by atoms with Crippen molar-refractivity contribution in [2.24, 2.45) is 0 Å². The molecule has 94 valence electrons. The van der Waals surface area contributed by atoms with Crippen molar-refractivity contribution < 1.29 is 0 Å². The molecule has 0 radical (unpaired) electrons. The second-order valence-corrected chi connectivity index (χ2v) is 4.99. The molecule has 0 aliphatic heterocycles. The van der Waals surface area contributed by atoms with Gasteiger partial charge < -0.3 is 0 Å². The minimum absolute atomic E-state index is 0.345. The molecular weight excluding hydrogens is 244 g/mol. The minimum Gasteiger partial charge on any atom is -0.233 e. The van der Waals surface area contributed by atoms with E-state index in [-0.39, 0.29) is 0 Å². The Hall–Kier alpha value is -1.41. The van der Waals surface area contributed by atoms with E-state index in [0.29, 0.717) is 11.1 Å². The van der Waals surface area contributed by atoms with Gasteiger partial charge in [0.2, 0.25) is 0 Å². The number of aryl methyl sites for hydroxylation is 1. The number of halogens is 1. The lowest BCUT2D eigenvalue weighted by atomic mass is 10.0. The third-order valence-electron chi connectivity index (χ3n) is 2.95. The molecule has 0 saturated heterocycles. The van der Waals surface area contributed by atoms with E-state index in [1.165, 1.54) is 5.56 Å². The van der Waals surface area contributed by atoms with Gasteiger partial charge in [0.15, 0.2) is 5.82 Å². The fraction of sp³-hybridized carbons (Fsp3) is 0.333. The number of benzene rings is 1. The van der Waals surface area contributed by atoms with E-state index in [1.807, 2.05) is 18.2 Å². The van der Waals surface area contributed by atoms with Crippen molar-refractivity contribution in [3.05, 3.63) is 46.7 Å². The molecule has 18 heavy (non-hydrogen) atoms. The maximum atomic E-state index is 6.09. The van der Waals surface area contributed by atoms with Crippen molar-refractivity contribution in [2.75, 3.05) is 0 Å². The van der Waals surface area contributed by atoms with Crippen molar-refractivity contribution in [2.45, 2.75) is 33.1 Å². The first kappa shape index (κ1) is 13.0. The van der Waals surface area contributed by atoms with Crippen LogP contribution in [0.4, 0.5) is 0 Å². The molecule has 0 aliphatic carbocycles. The van der Waals surface area contributed by atoms with Crippen LogP contribution in [0.3, 0.4) is 0 Å². The molecule has 1 aromatic carbocycles. The van der Waals surface area contributed by atoms with E-state index >= 15 is 0 Å². The number of hydrogen-bond acceptors (Lipinski definition) is 2. The summed E-state index contributed by atoms with van der Waals surface area (Å²) >= 11 is 6.09. The maximum Gasteiger partial charge on any atom is 0.161 e. The first-order chi connectivity index (χ1) is 8.61. The molecule has 2 rings (SSSR count). The molecule has 0 N–H and O–H groups in total. The Morgan fingerprint density at radius 2 is 1.89 bits per heavy atom. The average Bonchev–Trinajstić information content (AvgIpc) is 2.38. The molecular formula is C15H17ClN2. The van der Waals surface area contributed by atoms with Crippen LogP contribution in [-0.2, 0) is 6.42 Å².